The predicted octanol–water partition coefficient (Wildman–Crippen LogP) is 3.79. The van der Waals surface area contributed by atoms with E-state index < -0.39 is 0 Å². The molecule has 0 saturated heterocycles. The Morgan fingerprint density at radius 2 is 2.16 bits per heavy atom. The number of hydrogen-bond donors (Lipinski definition) is 1. The van der Waals surface area contributed by atoms with Crippen LogP contribution < -0.4 is 5.32 Å². The van der Waals surface area contributed by atoms with Crippen molar-refractivity contribution < 1.29 is 0 Å². The Bertz CT molecular complexity index is 634. The minimum atomic E-state index is 0.812. The molecule has 0 atom stereocenters. The van der Waals surface area contributed by atoms with E-state index in [1.165, 1.54) is 35.0 Å². The number of halogens is 1. The minimum absolute atomic E-state index is 0.812. The highest BCUT2D eigenvalue weighted by molar-refractivity contribution is 6.32. The molecule has 3 heteroatoms. The Kier molecular flexibility index (Phi) is 3.46. The zero-order valence-electron chi connectivity index (χ0n) is 11.5. The topological polar surface area (TPSA) is 24.9 Å². The first-order valence-electron chi connectivity index (χ1n) is 7.02. The van der Waals surface area contributed by atoms with E-state index in [0.717, 1.165) is 35.6 Å². The molecule has 0 spiro atoms. The number of aryl methyl sites for hydroxylation is 2. The highest BCUT2D eigenvalue weighted by Crippen LogP contribution is 2.33. The van der Waals surface area contributed by atoms with E-state index in [1.807, 2.05) is 6.07 Å². The molecule has 0 unspecified atom stereocenters. The van der Waals surface area contributed by atoms with Crippen molar-refractivity contribution in [2.45, 2.75) is 39.7 Å². The molecule has 19 heavy (non-hydrogen) atoms. The predicted molar refractivity (Wildman–Crippen MR) is 80.9 cm³/mol. The average Bonchev–Trinajstić information content (AvgIpc) is 2.87. The standard InChI is InChI=1S/C16H19ClN2/c1-3-18-9-13-11-5-4-6-15(11)19-16-10(2)14(17)8-7-12(13)16/h7-8,18H,3-6,9H2,1-2H3. The lowest BCUT2D eigenvalue weighted by atomic mass is 9.99. The second-order valence-corrected chi connectivity index (χ2v) is 5.63. The monoisotopic (exact) mass is 274 g/mol. The Morgan fingerprint density at radius 1 is 1.32 bits per heavy atom. The van der Waals surface area contributed by atoms with Crippen molar-refractivity contribution in [3.63, 3.8) is 0 Å². The van der Waals surface area contributed by atoms with Crippen LogP contribution in [-0.2, 0) is 19.4 Å². The molecular formula is C16H19ClN2. The van der Waals surface area contributed by atoms with Crippen LogP contribution in [-0.4, -0.2) is 11.5 Å². The van der Waals surface area contributed by atoms with Crippen LogP contribution in [0, 0.1) is 6.92 Å². The number of fused-ring (bicyclic) bond motifs is 2. The van der Waals surface area contributed by atoms with Crippen molar-refractivity contribution in [2.75, 3.05) is 6.54 Å². The fourth-order valence-electron chi connectivity index (χ4n) is 2.99. The third kappa shape index (κ3) is 2.13. The summed E-state index contributed by atoms with van der Waals surface area (Å²) in [5.74, 6) is 0. The first-order chi connectivity index (χ1) is 9.22. The van der Waals surface area contributed by atoms with Crippen molar-refractivity contribution in [3.8, 4) is 0 Å². The van der Waals surface area contributed by atoms with E-state index in [0.29, 0.717) is 0 Å². The van der Waals surface area contributed by atoms with E-state index in [1.54, 1.807) is 0 Å². The molecule has 100 valence electrons. The molecule has 2 aromatic rings. The zero-order valence-corrected chi connectivity index (χ0v) is 12.3. The average molecular weight is 275 g/mol. The third-order valence-corrected chi connectivity index (χ3v) is 4.45. The van der Waals surface area contributed by atoms with E-state index in [2.05, 4.69) is 25.2 Å². The van der Waals surface area contributed by atoms with Gasteiger partial charge in [0.1, 0.15) is 0 Å². The van der Waals surface area contributed by atoms with Crippen LogP contribution in [0.15, 0.2) is 12.1 Å². The summed E-state index contributed by atoms with van der Waals surface area (Å²) < 4.78 is 0. The summed E-state index contributed by atoms with van der Waals surface area (Å²) in [6.45, 7) is 6.13. The van der Waals surface area contributed by atoms with Crippen molar-refractivity contribution in [2.24, 2.45) is 0 Å². The van der Waals surface area contributed by atoms with E-state index in [-0.39, 0.29) is 0 Å². The normalized spacial score (nSPS) is 14.1. The van der Waals surface area contributed by atoms with Gasteiger partial charge in [0.05, 0.1) is 5.52 Å². The number of nitrogens with one attached hydrogen (secondary N) is 1. The van der Waals surface area contributed by atoms with Gasteiger partial charge in [-0.1, -0.05) is 24.6 Å². The number of hydrogen-bond acceptors (Lipinski definition) is 2. The highest BCUT2D eigenvalue weighted by Gasteiger charge is 2.20. The van der Waals surface area contributed by atoms with Crippen molar-refractivity contribution in [1.29, 1.82) is 0 Å². The summed E-state index contributed by atoms with van der Waals surface area (Å²) >= 11 is 6.24. The molecule has 1 N–H and O–H groups in total. The second kappa shape index (κ2) is 5.10. The Balaban J connectivity index is 2.27. The maximum atomic E-state index is 6.24. The molecule has 0 radical (unpaired) electrons. The highest BCUT2D eigenvalue weighted by atomic mass is 35.5. The van der Waals surface area contributed by atoms with Gasteiger partial charge in [-0.3, -0.25) is 4.98 Å². The van der Waals surface area contributed by atoms with Gasteiger partial charge in [0.2, 0.25) is 0 Å². The van der Waals surface area contributed by atoms with Gasteiger partial charge >= 0.3 is 0 Å². The van der Waals surface area contributed by atoms with Gasteiger partial charge in [-0.05, 0) is 55.5 Å². The molecule has 1 aliphatic rings. The summed E-state index contributed by atoms with van der Waals surface area (Å²) in [6, 6.07) is 4.13. The maximum Gasteiger partial charge on any atom is 0.0752 e. The molecule has 1 aliphatic carbocycles. The molecular weight excluding hydrogens is 256 g/mol. The van der Waals surface area contributed by atoms with Gasteiger partial charge < -0.3 is 5.32 Å². The fourth-order valence-corrected chi connectivity index (χ4v) is 3.14. The summed E-state index contributed by atoms with van der Waals surface area (Å²) in [5.41, 5.74) is 6.37. The molecule has 1 heterocycles. The van der Waals surface area contributed by atoms with Gasteiger partial charge in [-0.2, -0.15) is 0 Å². The maximum absolute atomic E-state index is 6.24. The third-order valence-electron chi connectivity index (χ3n) is 4.04. The smallest absolute Gasteiger partial charge is 0.0752 e. The van der Waals surface area contributed by atoms with E-state index in [4.69, 9.17) is 16.6 Å². The molecule has 0 fully saturated rings. The van der Waals surface area contributed by atoms with E-state index >= 15 is 0 Å². The summed E-state index contributed by atoms with van der Waals surface area (Å²) in [5, 5.41) is 5.54. The van der Waals surface area contributed by atoms with Gasteiger partial charge in [0.15, 0.2) is 0 Å². The molecule has 1 aromatic carbocycles. The Labute approximate surface area is 119 Å². The molecule has 1 aromatic heterocycles. The van der Waals surface area contributed by atoms with Crippen molar-refractivity contribution in [3.05, 3.63) is 39.5 Å². The molecule has 0 bridgehead atoms. The summed E-state index contributed by atoms with van der Waals surface area (Å²) in [7, 11) is 0. The summed E-state index contributed by atoms with van der Waals surface area (Å²) in [6.07, 6.45) is 3.50. The number of benzene rings is 1. The SMILES string of the molecule is CCNCc1c2c(nc3c(C)c(Cl)ccc13)CCC2. The van der Waals surface area contributed by atoms with Gasteiger partial charge in [0.25, 0.3) is 0 Å². The van der Waals surface area contributed by atoms with Crippen LogP contribution in [0.2, 0.25) is 5.02 Å². The molecule has 0 aliphatic heterocycles. The van der Waals surface area contributed by atoms with Gasteiger partial charge in [-0.15, -0.1) is 0 Å². The zero-order chi connectivity index (χ0) is 13.4. The van der Waals surface area contributed by atoms with Crippen LogP contribution in [0.1, 0.15) is 35.7 Å². The van der Waals surface area contributed by atoms with E-state index in [9.17, 15) is 0 Å². The largest absolute Gasteiger partial charge is 0.313 e. The molecule has 3 rings (SSSR count). The van der Waals surface area contributed by atoms with Crippen LogP contribution >= 0.6 is 11.6 Å². The van der Waals surface area contributed by atoms with Crippen LogP contribution in [0.4, 0.5) is 0 Å². The first-order valence-corrected chi connectivity index (χ1v) is 7.40. The number of nitrogens with zero attached hydrogens (tertiary/aromatic N) is 1. The van der Waals surface area contributed by atoms with Crippen LogP contribution in [0.5, 0.6) is 0 Å². The fraction of sp³-hybridized carbons (Fsp3) is 0.438. The quantitative estimate of drug-likeness (QED) is 0.921. The number of rotatable bonds is 3. The van der Waals surface area contributed by atoms with Gasteiger partial charge in [-0.25, -0.2) is 0 Å². The van der Waals surface area contributed by atoms with Crippen molar-refractivity contribution in [1.82, 2.24) is 10.3 Å². The summed E-state index contributed by atoms with van der Waals surface area (Å²) in [4.78, 5) is 4.87. The lowest BCUT2D eigenvalue weighted by Gasteiger charge is -2.14. The first kappa shape index (κ1) is 12.9. The number of aromatic nitrogens is 1. The lowest BCUT2D eigenvalue weighted by molar-refractivity contribution is 0.724. The molecule has 0 amide bonds. The molecule has 0 saturated carbocycles. The van der Waals surface area contributed by atoms with Crippen LogP contribution in [0.3, 0.4) is 0 Å². The lowest BCUT2D eigenvalue weighted by Crippen LogP contribution is -2.14. The van der Waals surface area contributed by atoms with Crippen LogP contribution in [0.25, 0.3) is 10.9 Å². The van der Waals surface area contributed by atoms with Gasteiger partial charge in [0, 0.05) is 22.6 Å². The minimum Gasteiger partial charge on any atom is -0.313 e. The molecule has 2 nitrogen and oxygen atoms in total. The number of pyridine rings is 1. The second-order valence-electron chi connectivity index (χ2n) is 5.22. The Hall–Kier alpha value is -1.12. The Morgan fingerprint density at radius 3 is 2.95 bits per heavy atom. The van der Waals surface area contributed by atoms with Crippen molar-refractivity contribution >= 4 is 22.5 Å².